The van der Waals surface area contributed by atoms with Crippen LogP contribution in [-0.2, 0) is 0 Å². The van der Waals surface area contributed by atoms with Crippen LogP contribution in [0.2, 0.25) is 0 Å². The van der Waals surface area contributed by atoms with E-state index in [2.05, 4.69) is 24.3 Å². The van der Waals surface area contributed by atoms with E-state index in [1.165, 1.54) is 56.9 Å². The monoisotopic (exact) mass is 325 g/mol. The van der Waals surface area contributed by atoms with Crippen molar-refractivity contribution in [2.45, 2.75) is 63.3 Å². The molecule has 0 N–H and O–H groups in total. The first-order valence-corrected chi connectivity index (χ1v) is 9.94. The minimum Gasteiger partial charge on any atom is -0.264 e. The lowest BCUT2D eigenvalue weighted by Gasteiger charge is -2.32. The molecular formula is C21H27NO2. The molecule has 5 rings (SSSR count). The molecule has 4 fully saturated rings. The third-order valence-electron chi connectivity index (χ3n) is 8.12. The molecule has 0 bridgehead atoms. The third-order valence-corrected chi connectivity index (χ3v) is 8.12. The van der Waals surface area contributed by atoms with Gasteiger partial charge in [0.15, 0.2) is 0 Å². The number of nitro groups is 1. The van der Waals surface area contributed by atoms with Crippen molar-refractivity contribution in [2.75, 3.05) is 0 Å². The maximum Gasteiger partial charge on any atom is 0.227 e. The molecular weight excluding hydrogens is 298 g/mol. The van der Waals surface area contributed by atoms with Crippen LogP contribution in [0.15, 0.2) is 30.3 Å². The average molecular weight is 325 g/mol. The van der Waals surface area contributed by atoms with Crippen LogP contribution in [0.3, 0.4) is 0 Å². The molecule has 4 saturated carbocycles. The molecule has 0 amide bonds. The number of rotatable bonds is 2. The smallest absolute Gasteiger partial charge is 0.227 e. The Kier molecular flexibility index (Phi) is 3.30. The fraction of sp³-hybridized carbons (Fsp3) is 0.714. The van der Waals surface area contributed by atoms with Crippen LogP contribution in [0.4, 0.5) is 0 Å². The Morgan fingerprint density at radius 1 is 0.875 bits per heavy atom. The third kappa shape index (κ3) is 1.79. The summed E-state index contributed by atoms with van der Waals surface area (Å²) >= 11 is 0. The van der Waals surface area contributed by atoms with Gasteiger partial charge < -0.3 is 0 Å². The van der Waals surface area contributed by atoms with Crippen molar-refractivity contribution in [3.8, 4) is 0 Å². The van der Waals surface area contributed by atoms with E-state index in [1.54, 1.807) is 0 Å². The summed E-state index contributed by atoms with van der Waals surface area (Å²) in [5.41, 5.74) is 1.22. The SMILES string of the molecule is O=[N+]([O-])[C@H]1[C@H](c2ccccc2)C12[C@@H]1CCCC[C@@H]1[C@H]1CCCC[C@@H]12. The van der Waals surface area contributed by atoms with Gasteiger partial charge >= 0.3 is 0 Å². The standard InChI is InChI=1S/C21H27NO2/c23-22(24)20-19(14-8-2-1-3-9-14)21(20)17-12-6-4-10-15(17)16-11-5-7-13-18(16)21/h1-3,8-9,15-20H,4-7,10-13H2/t15-,16-,17-,18+,19+,20+,21?/m1/s1. The summed E-state index contributed by atoms with van der Waals surface area (Å²) in [6.45, 7) is 0. The van der Waals surface area contributed by atoms with Crippen molar-refractivity contribution < 1.29 is 4.92 Å². The second-order valence-electron chi connectivity index (χ2n) is 8.73. The highest BCUT2D eigenvalue weighted by Crippen LogP contribution is 2.79. The molecule has 1 spiro atoms. The van der Waals surface area contributed by atoms with E-state index in [1.807, 2.05) is 6.07 Å². The predicted molar refractivity (Wildman–Crippen MR) is 93.3 cm³/mol. The van der Waals surface area contributed by atoms with Crippen LogP contribution in [0.25, 0.3) is 0 Å². The zero-order valence-corrected chi connectivity index (χ0v) is 14.3. The molecule has 0 aromatic heterocycles. The molecule has 24 heavy (non-hydrogen) atoms. The molecule has 3 nitrogen and oxygen atoms in total. The molecule has 1 aromatic rings. The first kappa shape index (κ1) is 14.9. The zero-order chi connectivity index (χ0) is 16.3. The van der Waals surface area contributed by atoms with Crippen molar-refractivity contribution in [1.29, 1.82) is 0 Å². The fourth-order valence-corrected chi connectivity index (χ4v) is 7.60. The molecule has 4 aliphatic rings. The van der Waals surface area contributed by atoms with Gasteiger partial charge in [0.2, 0.25) is 6.04 Å². The number of hydrogen-bond donors (Lipinski definition) is 0. The number of nitrogens with zero attached hydrogens (tertiary/aromatic N) is 1. The molecule has 1 unspecified atom stereocenters. The fourth-order valence-electron chi connectivity index (χ4n) is 7.60. The summed E-state index contributed by atoms with van der Waals surface area (Å²) in [6.07, 6.45) is 10.4. The lowest BCUT2D eigenvalue weighted by Crippen LogP contribution is -2.28. The van der Waals surface area contributed by atoms with Gasteiger partial charge in [0.1, 0.15) is 0 Å². The lowest BCUT2D eigenvalue weighted by atomic mass is 9.73. The molecule has 0 radical (unpaired) electrons. The minimum atomic E-state index is -0.321. The van der Waals surface area contributed by atoms with Gasteiger partial charge in [-0.25, -0.2) is 0 Å². The van der Waals surface area contributed by atoms with Gasteiger partial charge in [-0.1, -0.05) is 56.0 Å². The molecule has 3 heteroatoms. The molecule has 128 valence electrons. The second-order valence-corrected chi connectivity index (χ2v) is 8.73. The van der Waals surface area contributed by atoms with E-state index in [0.29, 0.717) is 11.8 Å². The van der Waals surface area contributed by atoms with Gasteiger partial charge in [-0.05, 0) is 54.9 Å². The zero-order valence-electron chi connectivity index (χ0n) is 14.3. The maximum atomic E-state index is 12.1. The molecule has 7 atom stereocenters. The van der Waals surface area contributed by atoms with Gasteiger partial charge in [0.05, 0.1) is 11.3 Å². The van der Waals surface area contributed by atoms with E-state index < -0.39 is 0 Å². The summed E-state index contributed by atoms with van der Waals surface area (Å²) in [5, 5.41) is 12.1. The van der Waals surface area contributed by atoms with Crippen LogP contribution in [0.1, 0.15) is 62.8 Å². The van der Waals surface area contributed by atoms with Crippen LogP contribution >= 0.6 is 0 Å². The molecule has 0 aliphatic heterocycles. The number of fused-ring (bicyclic) bond motifs is 5. The summed E-state index contributed by atoms with van der Waals surface area (Å²) in [5.74, 6) is 2.95. The average Bonchev–Trinajstić information content (AvgIpc) is 3.25. The first-order valence-electron chi connectivity index (χ1n) is 9.94. The highest BCUT2D eigenvalue weighted by molar-refractivity contribution is 5.39. The highest BCUT2D eigenvalue weighted by atomic mass is 16.6. The van der Waals surface area contributed by atoms with Crippen LogP contribution in [0, 0.1) is 39.2 Å². The van der Waals surface area contributed by atoms with E-state index in [4.69, 9.17) is 0 Å². The Hall–Kier alpha value is -1.38. The largest absolute Gasteiger partial charge is 0.264 e. The Labute approximate surface area is 144 Å². The van der Waals surface area contributed by atoms with Gasteiger partial charge in [0.25, 0.3) is 0 Å². The first-order chi connectivity index (χ1) is 11.8. The van der Waals surface area contributed by atoms with Crippen molar-refractivity contribution in [2.24, 2.45) is 29.1 Å². The van der Waals surface area contributed by atoms with Crippen molar-refractivity contribution in [3.05, 3.63) is 46.0 Å². The number of hydrogen-bond acceptors (Lipinski definition) is 2. The molecule has 1 aromatic carbocycles. The summed E-state index contributed by atoms with van der Waals surface area (Å²) < 4.78 is 0. The second kappa shape index (κ2) is 5.31. The number of benzene rings is 1. The van der Waals surface area contributed by atoms with Crippen LogP contribution in [-0.4, -0.2) is 11.0 Å². The van der Waals surface area contributed by atoms with E-state index >= 15 is 0 Å². The van der Waals surface area contributed by atoms with E-state index in [9.17, 15) is 10.1 Å². The lowest BCUT2D eigenvalue weighted by molar-refractivity contribution is -0.506. The summed E-state index contributed by atoms with van der Waals surface area (Å²) in [4.78, 5) is 12.2. The Bertz CT molecular complexity index is 620. The summed E-state index contributed by atoms with van der Waals surface area (Å²) in [7, 11) is 0. The van der Waals surface area contributed by atoms with E-state index in [-0.39, 0.29) is 22.3 Å². The molecule has 0 heterocycles. The maximum absolute atomic E-state index is 12.1. The van der Waals surface area contributed by atoms with Gasteiger partial charge in [0, 0.05) is 4.92 Å². The van der Waals surface area contributed by atoms with Crippen LogP contribution < -0.4 is 0 Å². The predicted octanol–water partition coefficient (Wildman–Crippen LogP) is 5.04. The van der Waals surface area contributed by atoms with Crippen molar-refractivity contribution in [1.82, 2.24) is 0 Å². The molecule has 0 saturated heterocycles. The van der Waals surface area contributed by atoms with E-state index in [0.717, 1.165) is 11.8 Å². The van der Waals surface area contributed by atoms with Crippen molar-refractivity contribution >= 4 is 0 Å². The Morgan fingerprint density at radius 3 is 1.96 bits per heavy atom. The van der Waals surface area contributed by atoms with Gasteiger partial charge in [-0.2, -0.15) is 0 Å². The summed E-state index contributed by atoms with van der Waals surface area (Å²) in [6, 6.07) is 10.1. The molecule has 4 aliphatic carbocycles. The minimum absolute atomic E-state index is 0.0129. The van der Waals surface area contributed by atoms with Crippen LogP contribution in [0.5, 0.6) is 0 Å². The normalized spacial score (nSPS) is 46.3. The Morgan fingerprint density at radius 2 is 1.42 bits per heavy atom. The van der Waals surface area contributed by atoms with Crippen molar-refractivity contribution in [3.63, 3.8) is 0 Å². The topological polar surface area (TPSA) is 43.1 Å². The quantitative estimate of drug-likeness (QED) is 0.564. The van der Waals surface area contributed by atoms with Gasteiger partial charge in [-0.3, -0.25) is 10.1 Å². The Balaban J connectivity index is 1.62. The highest BCUT2D eigenvalue weighted by Gasteiger charge is 2.83. The van der Waals surface area contributed by atoms with Gasteiger partial charge in [-0.15, -0.1) is 0 Å².